The van der Waals surface area contributed by atoms with E-state index in [0.717, 1.165) is 13.0 Å². The Morgan fingerprint density at radius 1 is 1.59 bits per heavy atom. The highest BCUT2D eigenvalue weighted by molar-refractivity contribution is 7.99. The first kappa shape index (κ1) is 12.0. The van der Waals surface area contributed by atoms with Crippen LogP contribution in [0.15, 0.2) is 16.9 Å². The summed E-state index contributed by atoms with van der Waals surface area (Å²) in [5.41, 5.74) is 0.208. The van der Waals surface area contributed by atoms with Crippen LogP contribution in [0.4, 0.5) is 5.82 Å². The summed E-state index contributed by atoms with van der Waals surface area (Å²) in [6, 6.07) is 3.57. The Hall–Kier alpha value is -1.50. The molecule has 17 heavy (non-hydrogen) atoms. The number of nitrogens with zero attached hydrogens (tertiary/aromatic N) is 3. The monoisotopic (exact) mass is 253 g/mol. The summed E-state index contributed by atoms with van der Waals surface area (Å²) in [6.45, 7) is 3.02. The van der Waals surface area contributed by atoms with Crippen molar-refractivity contribution in [3.8, 4) is 0 Å². The van der Waals surface area contributed by atoms with Crippen molar-refractivity contribution in [2.75, 3.05) is 18.1 Å². The quantitative estimate of drug-likeness (QED) is 0.830. The van der Waals surface area contributed by atoms with Crippen LogP contribution in [0.3, 0.4) is 0 Å². The van der Waals surface area contributed by atoms with Gasteiger partial charge in [0.15, 0.2) is 5.65 Å². The molecule has 0 aliphatic rings. The summed E-state index contributed by atoms with van der Waals surface area (Å²) in [5.74, 6) is 0.689. The Bertz CT molecular complexity index is 549. The standard InChI is InChI=1S/C10H15N5OS/c1-7(17-2)5-6-11-8-3-4-9-12-13-10(16)15(9)14-8/h3-4,7H,5-6H2,1-2H3,(H,11,14)(H,13,16). The maximum atomic E-state index is 11.3. The lowest BCUT2D eigenvalue weighted by Crippen LogP contribution is -2.15. The lowest BCUT2D eigenvalue weighted by atomic mass is 10.3. The van der Waals surface area contributed by atoms with Crippen molar-refractivity contribution in [2.45, 2.75) is 18.6 Å². The maximum absolute atomic E-state index is 11.3. The van der Waals surface area contributed by atoms with Crippen LogP contribution in [-0.4, -0.2) is 37.9 Å². The third kappa shape index (κ3) is 2.79. The average molecular weight is 253 g/mol. The molecule has 2 N–H and O–H groups in total. The van der Waals surface area contributed by atoms with Gasteiger partial charge in [0.05, 0.1) is 0 Å². The van der Waals surface area contributed by atoms with Crippen LogP contribution < -0.4 is 11.0 Å². The number of fused-ring (bicyclic) bond motifs is 1. The highest BCUT2D eigenvalue weighted by Gasteiger charge is 2.03. The highest BCUT2D eigenvalue weighted by atomic mass is 32.2. The minimum absolute atomic E-state index is 0.318. The number of aromatic nitrogens is 4. The molecule has 0 bridgehead atoms. The van der Waals surface area contributed by atoms with Crippen LogP contribution in [0, 0.1) is 0 Å². The van der Waals surface area contributed by atoms with Crippen LogP contribution in [0.2, 0.25) is 0 Å². The Labute approximate surface area is 103 Å². The van der Waals surface area contributed by atoms with Crippen LogP contribution >= 0.6 is 11.8 Å². The molecule has 6 nitrogen and oxygen atoms in total. The fraction of sp³-hybridized carbons (Fsp3) is 0.500. The molecule has 2 aromatic rings. The van der Waals surface area contributed by atoms with Crippen LogP contribution in [0.1, 0.15) is 13.3 Å². The SMILES string of the molecule is CSC(C)CCNc1ccc2n[nH]c(=O)n2n1. The first-order chi connectivity index (χ1) is 8.20. The molecule has 0 saturated heterocycles. The molecule has 2 heterocycles. The van der Waals surface area contributed by atoms with Crippen molar-refractivity contribution in [3.63, 3.8) is 0 Å². The zero-order chi connectivity index (χ0) is 12.3. The van der Waals surface area contributed by atoms with Crippen LogP contribution in [-0.2, 0) is 0 Å². The van der Waals surface area contributed by atoms with Gasteiger partial charge in [-0.05, 0) is 24.8 Å². The number of hydrogen-bond donors (Lipinski definition) is 2. The molecular weight excluding hydrogens is 238 g/mol. The fourth-order valence-corrected chi connectivity index (χ4v) is 1.77. The highest BCUT2D eigenvalue weighted by Crippen LogP contribution is 2.10. The van der Waals surface area contributed by atoms with Gasteiger partial charge in [0, 0.05) is 11.8 Å². The van der Waals surface area contributed by atoms with E-state index in [4.69, 9.17) is 0 Å². The van der Waals surface area contributed by atoms with E-state index in [1.165, 1.54) is 4.52 Å². The van der Waals surface area contributed by atoms with E-state index in [1.54, 1.807) is 6.07 Å². The predicted octanol–water partition coefficient (Wildman–Crippen LogP) is 0.971. The molecule has 0 amide bonds. The first-order valence-corrected chi connectivity index (χ1v) is 6.70. The summed E-state index contributed by atoms with van der Waals surface area (Å²) in [7, 11) is 0. The maximum Gasteiger partial charge on any atom is 0.364 e. The van der Waals surface area contributed by atoms with Crippen molar-refractivity contribution in [2.24, 2.45) is 0 Å². The van der Waals surface area contributed by atoms with E-state index in [1.807, 2.05) is 17.8 Å². The molecule has 2 rings (SSSR count). The number of rotatable bonds is 5. The normalized spacial score (nSPS) is 12.8. The van der Waals surface area contributed by atoms with Crippen molar-refractivity contribution in [1.29, 1.82) is 0 Å². The van der Waals surface area contributed by atoms with E-state index in [-0.39, 0.29) is 5.69 Å². The Balaban J connectivity index is 2.04. The second-order valence-corrected chi connectivity index (χ2v) is 5.06. The molecule has 0 aliphatic carbocycles. The molecule has 0 radical (unpaired) electrons. The first-order valence-electron chi connectivity index (χ1n) is 5.42. The van der Waals surface area contributed by atoms with E-state index in [9.17, 15) is 4.79 Å². The minimum Gasteiger partial charge on any atom is -0.369 e. The van der Waals surface area contributed by atoms with E-state index < -0.39 is 0 Å². The van der Waals surface area contributed by atoms with Crippen LogP contribution in [0.25, 0.3) is 5.65 Å². The number of hydrogen-bond acceptors (Lipinski definition) is 5. The van der Waals surface area contributed by atoms with Gasteiger partial charge in [0.2, 0.25) is 0 Å². The number of anilines is 1. The van der Waals surface area contributed by atoms with Gasteiger partial charge in [-0.15, -0.1) is 5.10 Å². The minimum atomic E-state index is -0.318. The van der Waals surface area contributed by atoms with Gasteiger partial charge < -0.3 is 5.32 Å². The van der Waals surface area contributed by atoms with Gasteiger partial charge >= 0.3 is 5.69 Å². The summed E-state index contributed by atoms with van der Waals surface area (Å²) in [6.07, 6.45) is 3.15. The van der Waals surface area contributed by atoms with Gasteiger partial charge in [-0.2, -0.15) is 21.4 Å². The van der Waals surface area contributed by atoms with Gasteiger partial charge in [-0.1, -0.05) is 6.92 Å². The lowest BCUT2D eigenvalue weighted by molar-refractivity contribution is 0.830. The molecule has 1 unspecified atom stereocenters. The fourth-order valence-electron chi connectivity index (χ4n) is 1.42. The Morgan fingerprint density at radius 2 is 2.41 bits per heavy atom. The van der Waals surface area contributed by atoms with Crippen molar-refractivity contribution in [3.05, 3.63) is 22.6 Å². The van der Waals surface area contributed by atoms with E-state index in [0.29, 0.717) is 16.7 Å². The van der Waals surface area contributed by atoms with Gasteiger partial charge in [-0.3, -0.25) is 0 Å². The Kier molecular flexibility index (Phi) is 3.68. The summed E-state index contributed by atoms with van der Waals surface area (Å²) in [5, 5.41) is 14.1. The number of thioether (sulfide) groups is 1. The van der Waals surface area contributed by atoms with Gasteiger partial charge in [0.1, 0.15) is 5.82 Å². The zero-order valence-electron chi connectivity index (χ0n) is 9.80. The molecule has 7 heteroatoms. The second-order valence-electron chi connectivity index (χ2n) is 3.78. The zero-order valence-corrected chi connectivity index (χ0v) is 10.6. The third-order valence-corrected chi connectivity index (χ3v) is 3.57. The summed E-state index contributed by atoms with van der Waals surface area (Å²) < 4.78 is 1.25. The van der Waals surface area contributed by atoms with E-state index >= 15 is 0 Å². The van der Waals surface area contributed by atoms with Crippen LogP contribution in [0.5, 0.6) is 0 Å². The molecule has 2 aromatic heterocycles. The van der Waals surface area contributed by atoms with E-state index in [2.05, 4.69) is 33.8 Å². The van der Waals surface area contributed by atoms with Gasteiger partial charge in [0.25, 0.3) is 0 Å². The molecule has 0 aliphatic heterocycles. The molecule has 1 atom stereocenters. The molecule has 0 aromatic carbocycles. The summed E-state index contributed by atoms with van der Waals surface area (Å²) in [4.78, 5) is 11.3. The molecule has 0 saturated carbocycles. The predicted molar refractivity (Wildman–Crippen MR) is 69.7 cm³/mol. The number of nitrogens with one attached hydrogen (secondary N) is 2. The molecule has 92 valence electrons. The molecular formula is C10H15N5OS. The van der Waals surface area contributed by atoms with Gasteiger partial charge in [-0.25, -0.2) is 9.89 Å². The van der Waals surface area contributed by atoms with Crippen molar-refractivity contribution < 1.29 is 0 Å². The summed E-state index contributed by atoms with van der Waals surface area (Å²) >= 11 is 1.84. The van der Waals surface area contributed by atoms with Crippen molar-refractivity contribution >= 4 is 23.2 Å². The lowest BCUT2D eigenvalue weighted by Gasteiger charge is -2.09. The third-order valence-electron chi connectivity index (χ3n) is 2.53. The topological polar surface area (TPSA) is 75.1 Å². The Morgan fingerprint density at radius 3 is 3.18 bits per heavy atom. The average Bonchev–Trinajstić information content (AvgIpc) is 2.71. The molecule has 0 spiro atoms. The molecule has 0 fully saturated rings. The number of aromatic amines is 1. The second kappa shape index (κ2) is 5.22. The largest absolute Gasteiger partial charge is 0.369 e. The number of H-pyrrole nitrogens is 1. The smallest absolute Gasteiger partial charge is 0.364 e. The van der Waals surface area contributed by atoms with Crippen molar-refractivity contribution in [1.82, 2.24) is 19.8 Å².